The number of nitrogens with one attached hydrogen (secondary N) is 1. The molecule has 4 rings (SSSR count). The summed E-state index contributed by atoms with van der Waals surface area (Å²) in [7, 11) is 4.28. The Kier molecular flexibility index (Phi) is 6.29. The van der Waals surface area contributed by atoms with Crippen LogP contribution >= 0.6 is 0 Å². The zero-order chi connectivity index (χ0) is 21.1. The smallest absolute Gasteiger partial charge is 0.265 e. The highest BCUT2D eigenvalue weighted by Crippen LogP contribution is 2.29. The van der Waals surface area contributed by atoms with E-state index in [0.717, 1.165) is 37.4 Å². The number of hydrogen-bond acceptors (Lipinski definition) is 5. The first-order chi connectivity index (χ1) is 14.6. The SMILES string of the molecule is CCC(c1nc2[nH]ncc2c(=O)n1Cc1ccccc1)N1CCCC(CN(C)C)C1. The van der Waals surface area contributed by atoms with Gasteiger partial charge in [0.05, 0.1) is 18.8 Å². The van der Waals surface area contributed by atoms with Crippen LogP contribution in [0.1, 0.15) is 43.6 Å². The molecule has 1 aliphatic rings. The summed E-state index contributed by atoms with van der Waals surface area (Å²) in [4.78, 5) is 23.1. The van der Waals surface area contributed by atoms with Crippen molar-refractivity contribution in [3.05, 3.63) is 58.3 Å². The van der Waals surface area contributed by atoms with Gasteiger partial charge in [0.25, 0.3) is 5.56 Å². The molecule has 2 aromatic heterocycles. The molecule has 1 fully saturated rings. The van der Waals surface area contributed by atoms with Gasteiger partial charge >= 0.3 is 0 Å². The van der Waals surface area contributed by atoms with Gasteiger partial charge in [-0.15, -0.1) is 0 Å². The first-order valence-electron chi connectivity index (χ1n) is 10.9. The van der Waals surface area contributed by atoms with Gasteiger partial charge in [0.15, 0.2) is 5.65 Å². The zero-order valence-corrected chi connectivity index (χ0v) is 18.2. The predicted molar refractivity (Wildman–Crippen MR) is 120 cm³/mol. The molecule has 2 atom stereocenters. The lowest BCUT2D eigenvalue weighted by Gasteiger charge is -2.39. The molecule has 0 aliphatic carbocycles. The van der Waals surface area contributed by atoms with Gasteiger partial charge in [-0.2, -0.15) is 5.10 Å². The van der Waals surface area contributed by atoms with Crippen molar-refractivity contribution in [2.45, 2.75) is 38.8 Å². The van der Waals surface area contributed by atoms with E-state index in [4.69, 9.17) is 4.98 Å². The fourth-order valence-electron chi connectivity index (χ4n) is 4.77. The van der Waals surface area contributed by atoms with Crippen molar-refractivity contribution in [1.29, 1.82) is 0 Å². The van der Waals surface area contributed by atoms with Gasteiger partial charge in [0.1, 0.15) is 11.2 Å². The predicted octanol–water partition coefficient (Wildman–Crippen LogP) is 2.89. The molecule has 30 heavy (non-hydrogen) atoms. The van der Waals surface area contributed by atoms with E-state index < -0.39 is 0 Å². The summed E-state index contributed by atoms with van der Waals surface area (Å²) < 4.78 is 1.86. The Morgan fingerprint density at radius 1 is 1.27 bits per heavy atom. The van der Waals surface area contributed by atoms with E-state index >= 15 is 0 Å². The molecule has 7 nitrogen and oxygen atoms in total. The maximum absolute atomic E-state index is 13.4. The number of piperidine rings is 1. The molecule has 160 valence electrons. The largest absolute Gasteiger partial charge is 0.309 e. The topological polar surface area (TPSA) is 70.0 Å². The molecular weight excluding hydrogens is 376 g/mol. The van der Waals surface area contributed by atoms with Crippen molar-refractivity contribution in [1.82, 2.24) is 29.5 Å². The van der Waals surface area contributed by atoms with Crippen LogP contribution in [-0.2, 0) is 6.54 Å². The molecule has 0 radical (unpaired) electrons. The number of likely N-dealkylation sites (tertiary alicyclic amines) is 1. The van der Waals surface area contributed by atoms with Crippen molar-refractivity contribution in [2.24, 2.45) is 5.92 Å². The van der Waals surface area contributed by atoms with Crippen molar-refractivity contribution >= 4 is 11.0 Å². The molecule has 0 bridgehead atoms. The lowest BCUT2D eigenvalue weighted by Crippen LogP contribution is -2.43. The van der Waals surface area contributed by atoms with Gasteiger partial charge in [0.2, 0.25) is 0 Å². The number of aromatic nitrogens is 4. The Morgan fingerprint density at radius 3 is 2.80 bits per heavy atom. The highest BCUT2D eigenvalue weighted by molar-refractivity contribution is 5.72. The molecule has 3 aromatic rings. The molecule has 1 N–H and O–H groups in total. The fraction of sp³-hybridized carbons (Fsp3) is 0.522. The highest BCUT2D eigenvalue weighted by Gasteiger charge is 2.29. The second-order valence-corrected chi connectivity index (χ2v) is 8.67. The minimum Gasteiger partial charge on any atom is -0.309 e. The maximum Gasteiger partial charge on any atom is 0.265 e. The third kappa shape index (κ3) is 4.32. The second-order valence-electron chi connectivity index (χ2n) is 8.67. The minimum atomic E-state index is -0.0205. The van der Waals surface area contributed by atoms with Crippen LogP contribution in [0.25, 0.3) is 11.0 Å². The molecule has 0 spiro atoms. The molecule has 1 aromatic carbocycles. The fourth-order valence-corrected chi connectivity index (χ4v) is 4.77. The minimum absolute atomic E-state index is 0.0205. The van der Waals surface area contributed by atoms with Crippen LogP contribution in [0, 0.1) is 5.92 Å². The van der Waals surface area contributed by atoms with Crippen LogP contribution in [0.3, 0.4) is 0 Å². The van der Waals surface area contributed by atoms with E-state index in [2.05, 4.69) is 53.1 Å². The molecular formula is C23H32N6O. The Labute approximate surface area is 177 Å². The van der Waals surface area contributed by atoms with Gasteiger partial charge in [-0.1, -0.05) is 37.3 Å². The van der Waals surface area contributed by atoms with E-state index in [0.29, 0.717) is 23.5 Å². The Morgan fingerprint density at radius 2 is 2.07 bits per heavy atom. The van der Waals surface area contributed by atoms with E-state index in [-0.39, 0.29) is 11.6 Å². The van der Waals surface area contributed by atoms with Crippen molar-refractivity contribution in [3.8, 4) is 0 Å². The van der Waals surface area contributed by atoms with Crippen LogP contribution in [0.5, 0.6) is 0 Å². The van der Waals surface area contributed by atoms with Crippen molar-refractivity contribution in [3.63, 3.8) is 0 Å². The number of fused-ring (bicyclic) bond motifs is 1. The number of H-pyrrole nitrogens is 1. The Bertz CT molecular complexity index is 1030. The summed E-state index contributed by atoms with van der Waals surface area (Å²) in [5.74, 6) is 1.49. The van der Waals surface area contributed by atoms with E-state index in [9.17, 15) is 4.79 Å². The summed E-state index contributed by atoms with van der Waals surface area (Å²) in [6, 6.07) is 10.3. The number of nitrogens with zero attached hydrogens (tertiary/aromatic N) is 5. The molecule has 1 saturated heterocycles. The zero-order valence-electron chi connectivity index (χ0n) is 18.2. The van der Waals surface area contributed by atoms with Crippen LogP contribution in [-0.4, -0.2) is 63.3 Å². The van der Waals surface area contributed by atoms with Crippen molar-refractivity contribution < 1.29 is 0 Å². The first kappa shape index (κ1) is 20.8. The average Bonchev–Trinajstić information content (AvgIpc) is 3.21. The Balaban J connectivity index is 1.73. The van der Waals surface area contributed by atoms with Gasteiger partial charge in [-0.3, -0.25) is 19.4 Å². The highest BCUT2D eigenvalue weighted by atomic mass is 16.1. The molecule has 2 unspecified atom stereocenters. The van der Waals surface area contributed by atoms with E-state index in [1.54, 1.807) is 6.20 Å². The van der Waals surface area contributed by atoms with Crippen LogP contribution in [0.2, 0.25) is 0 Å². The maximum atomic E-state index is 13.4. The molecule has 3 heterocycles. The quantitative estimate of drug-likeness (QED) is 0.651. The standard InChI is InChI=1S/C23H32N6O/c1-4-20(28-12-8-11-18(15-28)14-27(2)3)22-25-21-19(13-24-26-21)23(30)29(22)16-17-9-6-5-7-10-17/h5-7,9-10,13,18,20H,4,8,11-12,14-16H2,1-3H3,(H,24,26). The average molecular weight is 409 g/mol. The van der Waals surface area contributed by atoms with Gasteiger partial charge in [-0.05, 0) is 51.4 Å². The van der Waals surface area contributed by atoms with Crippen LogP contribution < -0.4 is 5.56 Å². The summed E-state index contributed by atoms with van der Waals surface area (Å²) in [6.07, 6.45) is 4.94. The summed E-state index contributed by atoms with van der Waals surface area (Å²) in [5, 5.41) is 7.53. The van der Waals surface area contributed by atoms with Gasteiger partial charge in [0, 0.05) is 13.1 Å². The number of rotatable bonds is 7. The third-order valence-corrected chi connectivity index (χ3v) is 6.08. The lowest BCUT2D eigenvalue weighted by atomic mass is 9.95. The molecule has 1 aliphatic heterocycles. The molecule has 0 amide bonds. The number of benzene rings is 1. The normalized spacial score (nSPS) is 18.9. The summed E-state index contributed by atoms with van der Waals surface area (Å²) in [6.45, 7) is 5.89. The number of aromatic amines is 1. The molecule has 7 heteroatoms. The third-order valence-electron chi connectivity index (χ3n) is 6.08. The van der Waals surface area contributed by atoms with Crippen LogP contribution in [0.4, 0.5) is 0 Å². The second kappa shape index (κ2) is 9.10. The Hall–Kier alpha value is -2.51. The van der Waals surface area contributed by atoms with Crippen molar-refractivity contribution in [2.75, 3.05) is 33.7 Å². The van der Waals surface area contributed by atoms with Gasteiger partial charge < -0.3 is 4.90 Å². The van der Waals surface area contributed by atoms with E-state index in [1.807, 2.05) is 22.8 Å². The summed E-state index contributed by atoms with van der Waals surface area (Å²) in [5.41, 5.74) is 1.66. The number of hydrogen-bond donors (Lipinski definition) is 1. The summed E-state index contributed by atoms with van der Waals surface area (Å²) >= 11 is 0. The molecule has 0 saturated carbocycles. The van der Waals surface area contributed by atoms with Crippen LogP contribution in [0.15, 0.2) is 41.3 Å². The monoisotopic (exact) mass is 408 g/mol. The lowest BCUT2D eigenvalue weighted by molar-refractivity contribution is 0.0993. The first-order valence-corrected chi connectivity index (χ1v) is 10.9. The van der Waals surface area contributed by atoms with E-state index in [1.165, 1.54) is 12.8 Å². The van der Waals surface area contributed by atoms with Gasteiger partial charge in [-0.25, -0.2) is 4.98 Å².